The fourth-order valence-corrected chi connectivity index (χ4v) is 5.26. The van der Waals surface area contributed by atoms with E-state index >= 15 is 4.39 Å². The Kier molecular flexibility index (Phi) is 7.72. The fraction of sp³-hybridized carbons (Fsp3) is 0.571. The van der Waals surface area contributed by atoms with Crippen molar-refractivity contribution in [1.29, 1.82) is 0 Å². The molecule has 2 unspecified atom stereocenters. The SMILES string of the molecule is COc1ccc(-c2ccc(C3CC3NCC3(F)CCN(C(=O)OCC4CCNCC4)CC3)cn2)cc1. The first-order valence-electron chi connectivity index (χ1n) is 13.2. The van der Waals surface area contributed by atoms with Gasteiger partial charge in [0.1, 0.15) is 11.4 Å². The lowest BCUT2D eigenvalue weighted by Gasteiger charge is -2.36. The van der Waals surface area contributed by atoms with Gasteiger partial charge in [0.25, 0.3) is 0 Å². The van der Waals surface area contributed by atoms with Crippen LogP contribution in [0.1, 0.15) is 43.6 Å². The van der Waals surface area contributed by atoms with E-state index in [0.29, 0.717) is 50.9 Å². The lowest BCUT2D eigenvalue weighted by atomic mass is 9.93. The summed E-state index contributed by atoms with van der Waals surface area (Å²) in [5, 5.41) is 6.75. The van der Waals surface area contributed by atoms with Crippen molar-refractivity contribution >= 4 is 6.09 Å². The molecule has 1 amide bonds. The van der Waals surface area contributed by atoms with Crippen molar-refractivity contribution in [3.8, 4) is 17.0 Å². The second-order valence-corrected chi connectivity index (χ2v) is 10.4. The van der Waals surface area contributed by atoms with Crippen molar-refractivity contribution in [2.24, 2.45) is 5.92 Å². The molecule has 194 valence electrons. The molecule has 2 N–H and O–H groups in total. The van der Waals surface area contributed by atoms with Gasteiger partial charge < -0.3 is 25.0 Å². The van der Waals surface area contributed by atoms with Gasteiger partial charge >= 0.3 is 6.09 Å². The molecule has 3 heterocycles. The summed E-state index contributed by atoms with van der Waals surface area (Å²) in [7, 11) is 1.66. The van der Waals surface area contributed by atoms with Gasteiger partial charge in [0, 0.05) is 56.2 Å². The molecule has 0 bridgehead atoms. The number of benzene rings is 1. The lowest BCUT2D eigenvalue weighted by molar-refractivity contribution is 0.0362. The van der Waals surface area contributed by atoms with Gasteiger partial charge in [0.2, 0.25) is 0 Å². The third kappa shape index (κ3) is 6.16. The number of methoxy groups -OCH3 is 1. The van der Waals surface area contributed by atoms with Crippen LogP contribution in [0.4, 0.5) is 9.18 Å². The molecule has 8 heteroatoms. The molecule has 1 aromatic carbocycles. The van der Waals surface area contributed by atoms with Gasteiger partial charge in [-0.05, 0) is 74.2 Å². The number of pyridine rings is 1. The number of amides is 1. The third-order valence-electron chi connectivity index (χ3n) is 7.89. The zero-order chi connectivity index (χ0) is 25.0. The molecule has 3 aliphatic rings. The van der Waals surface area contributed by atoms with Crippen molar-refractivity contribution in [3.05, 3.63) is 48.2 Å². The highest BCUT2D eigenvalue weighted by Crippen LogP contribution is 2.41. The maximum Gasteiger partial charge on any atom is 0.409 e. The summed E-state index contributed by atoms with van der Waals surface area (Å²) >= 11 is 0. The Morgan fingerprint density at radius 3 is 2.58 bits per heavy atom. The number of halogens is 1. The minimum absolute atomic E-state index is 0.277. The van der Waals surface area contributed by atoms with Gasteiger partial charge in [-0.25, -0.2) is 9.18 Å². The first-order chi connectivity index (χ1) is 17.5. The molecule has 0 radical (unpaired) electrons. The quantitative estimate of drug-likeness (QED) is 0.572. The van der Waals surface area contributed by atoms with Crippen LogP contribution in [0.15, 0.2) is 42.6 Å². The Bertz CT molecular complexity index is 1000. The molecule has 5 rings (SSSR count). The van der Waals surface area contributed by atoms with E-state index in [0.717, 1.165) is 49.4 Å². The van der Waals surface area contributed by atoms with E-state index in [4.69, 9.17) is 9.47 Å². The van der Waals surface area contributed by atoms with Crippen LogP contribution in [0.5, 0.6) is 5.75 Å². The second kappa shape index (κ2) is 11.1. The Morgan fingerprint density at radius 2 is 1.92 bits per heavy atom. The van der Waals surface area contributed by atoms with Crippen LogP contribution >= 0.6 is 0 Å². The largest absolute Gasteiger partial charge is 0.497 e. The summed E-state index contributed by atoms with van der Waals surface area (Å²) in [5.74, 6) is 1.63. The number of nitrogens with zero attached hydrogens (tertiary/aromatic N) is 2. The van der Waals surface area contributed by atoms with Crippen molar-refractivity contribution in [1.82, 2.24) is 20.5 Å². The summed E-state index contributed by atoms with van der Waals surface area (Å²) in [5.41, 5.74) is 1.88. The monoisotopic (exact) mass is 496 g/mol. The van der Waals surface area contributed by atoms with Crippen LogP contribution in [-0.2, 0) is 4.74 Å². The maximum absolute atomic E-state index is 15.4. The van der Waals surface area contributed by atoms with Crippen LogP contribution in [0, 0.1) is 5.92 Å². The normalized spacial score (nSPS) is 23.8. The number of likely N-dealkylation sites (tertiary alicyclic amines) is 1. The Balaban J connectivity index is 1.03. The molecule has 0 spiro atoms. The number of piperidine rings is 2. The smallest absolute Gasteiger partial charge is 0.409 e. The number of nitrogens with one attached hydrogen (secondary N) is 2. The van der Waals surface area contributed by atoms with Gasteiger partial charge in [-0.15, -0.1) is 0 Å². The molecule has 7 nitrogen and oxygen atoms in total. The van der Waals surface area contributed by atoms with E-state index in [-0.39, 0.29) is 12.1 Å². The van der Waals surface area contributed by atoms with Gasteiger partial charge in [-0.3, -0.25) is 4.98 Å². The zero-order valence-corrected chi connectivity index (χ0v) is 21.0. The first kappa shape index (κ1) is 25.0. The highest BCUT2D eigenvalue weighted by atomic mass is 19.1. The summed E-state index contributed by atoms with van der Waals surface area (Å²) in [6.45, 7) is 3.58. The van der Waals surface area contributed by atoms with E-state index in [2.05, 4.69) is 21.7 Å². The lowest BCUT2D eigenvalue weighted by Crippen LogP contribution is -2.49. The Labute approximate surface area is 212 Å². The molecular formula is C28H37FN4O3. The topological polar surface area (TPSA) is 75.7 Å². The Morgan fingerprint density at radius 1 is 1.17 bits per heavy atom. The van der Waals surface area contributed by atoms with Gasteiger partial charge in [0.05, 0.1) is 19.4 Å². The van der Waals surface area contributed by atoms with E-state index in [1.807, 2.05) is 36.5 Å². The van der Waals surface area contributed by atoms with Crippen LogP contribution in [0.25, 0.3) is 11.3 Å². The predicted octanol–water partition coefficient (Wildman–Crippen LogP) is 4.14. The summed E-state index contributed by atoms with van der Waals surface area (Å²) < 4.78 is 26.2. The minimum atomic E-state index is -1.28. The van der Waals surface area contributed by atoms with Crippen molar-refractivity contribution in [3.63, 3.8) is 0 Å². The van der Waals surface area contributed by atoms with E-state index in [9.17, 15) is 4.79 Å². The van der Waals surface area contributed by atoms with Crippen LogP contribution in [-0.4, -0.2) is 74.1 Å². The molecule has 2 aliphatic heterocycles. The number of ether oxygens (including phenoxy) is 2. The molecule has 2 atom stereocenters. The number of carbonyl (C=O) groups is 1. The zero-order valence-electron chi connectivity index (χ0n) is 21.0. The molecule has 36 heavy (non-hydrogen) atoms. The fourth-order valence-electron chi connectivity index (χ4n) is 5.26. The predicted molar refractivity (Wildman–Crippen MR) is 137 cm³/mol. The second-order valence-electron chi connectivity index (χ2n) is 10.4. The third-order valence-corrected chi connectivity index (χ3v) is 7.89. The van der Waals surface area contributed by atoms with E-state index < -0.39 is 5.67 Å². The molecule has 1 aliphatic carbocycles. The number of hydrogen-bond donors (Lipinski definition) is 2. The molecule has 2 aromatic rings. The minimum Gasteiger partial charge on any atom is -0.497 e. The standard InChI is InChI=1S/C28H37FN4O3/c1-35-23-5-2-21(3-6-23)25-7-4-22(17-31-25)24-16-26(24)32-19-28(29)10-14-33(15-11-28)27(34)36-18-20-8-12-30-13-9-20/h2-7,17,20,24,26,30,32H,8-16,18-19H2,1H3. The molecule has 1 saturated carbocycles. The number of rotatable bonds is 8. The van der Waals surface area contributed by atoms with Gasteiger partial charge in [-0.1, -0.05) is 6.07 Å². The molecular weight excluding hydrogens is 459 g/mol. The number of carbonyl (C=O) groups excluding carboxylic acids is 1. The molecule has 1 aromatic heterocycles. The van der Waals surface area contributed by atoms with E-state index in [1.54, 1.807) is 12.0 Å². The average Bonchev–Trinajstić information content (AvgIpc) is 3.72. The number of aromatic nitrogens is 1. The van der Waals surface area contributed by atoms with Gasteiger partial charge in [0.15, 0.2) is 0 Å². The summed E-state index contributed by atoms with van der Waals surface area (Å²) in [4.78, 5) is 18.7. The Hall–Kier alpha value is -2.71. The number of alkyl halides is 1. The molecule has 2 saturated heterocycles. The highest BCUT2D eigenvalue weighted by molar-refractivity contribution is 5.67. The van der Waals surface area contributed by atoms with Crippen LogP contribution in [0.3, 0.4) is 0 Å². The number of hydrogen-bond acceptors (Lipinski definition) is 6. The molecule has 3 fully saturated rings. The van der Waals surface area contributed by atoms with Crippen molar-refractivity contribution < 1.29 is 18.7 Å². The summed E-state index contributed by atoms with van der Waals surface area (Å²) in [6, 6.07) is 12.3. The van der Waals surface area contributed by atoms with Crippen LogP contribution in [0.2, 0.25) is 0 Å². The van der Waals surface area contributed by atoms with Gasteiger partial charge in [-0.2, -0.15) is 0 Å². The highest BCUT2D eigenvalue weighted by Gasteiger charge is 2.42. The summed E-state index contributed by atoms with van der Waals surface area (Å²) in [6.07, 6.45) is 5.40. The average molecular weight is 497 g/mol. The maximum atomic E-state index is 15.4. The first-order valence-corrected chi connectivity index (χ1v) is 13.2. The van der Waals surface area contributed by atoms with Crippen molar-refractivity contribution in [2.75, 3.05) is 46.4 Å². The van der Waals surface area contributed by atoms with Crippen molar-refractivity contribution in [2.45, 2.75) is 49.7 Å². The van der Waals surface area contributed by atoms with Crippen LogP contribution < -0.4 is 15.4 Å². The van der Waals surface area contributed by atoms with E-state index in [1.165, 1.54) is 5.56 Å².